The van der Waals surface area contributed by atoms with E-state index >= 15 is 0 Å². The molecular weight excluding hydrogens is 164 g/mol. The van der Waals surface area contributed by atoms with Gasteiger partial charge in [-0.2, -0.15) is 0 Å². The summed E-state index contributed by atoms with van der Waals surface area (Å²) in [7, 11) is 0. The Kier molecular flexibility index (Phi) is 4.58. The lowest BCUT2D eigenvalue weighted by atomic mass is 9.94. The second kappa shape index (κ2) is 5.79. The van der Waals surface area contributed by atoms with E-state index in [9.17, 15) is 4.79 Å². The van der Waals surface area contributed by atoms with Gasteiger partial charge in [0.1, 0.15) is 0 Å². The van der Waals surface area contributed by atoms with Crippen molar-refractivity contribution in [3.05, 3.63) is 12.2 Å². The number of allylic oxidation sites excluding steroid dienone is 2. The lowest BCUT2D eigenvalue weighted by Crippen LogP contribution is -2.01. The molecule has 0 saturated carbocycles. The number of aliphatic carboxylic acids is 1. The van der Waals surface area contributed by atoms with Crippen LogP contribution in [0, 0.1) is 5.92 Å². The van der Waals surface area contributed by atoms with Crippen molar-refractivity contribution in [3.8, 4) is 0 Å². The number of rotatable bonds is 4. The van der Waals surface area contributed by atoms with Crippen molar-refractivity contribution < 1.29 is 9.90 Å². The normalized spacial score (nSPS) is 18.5. The van der Waals surface area contributed by atoms with Crippen LogP contribution in [-0.4, -0.2) is 11.1 Å². The molecule has 0 aromatic rings. The third kappa shape index (κ3) is 4.71. The lowest BCUT2D eigenvalue weighted by Gasteiger charge is -2.12. The zero-order valence-corrected chi connectivity index (χ0v) is 8.04. The minimum absolute atomic E-state index is 0.337. The van der Waals surface area contributed by atoms with E-state index in [1.165, 1.54) is 25.7 Å². The molecule has 0 fully saturated rings. The maximum absolute atomic E-state index is 10.3. The van der Waals surface area contributed by atoms with E-state index in [0.29, 0.717) is 6.42 Å². The van der Waals surface area contributed by atoms with Crippen molar-refractivity contribution >= 4 is 5.97 Å². The number of hydrogen-bond donors (Lipinski definition) is 1. The molecule has 0 aromatic heterocycles. The molecule has 2 heteroatoms. The largest absolute Gasteiger partial charge is 0.481 e. The molecule has 1 aliphatic carbocycles. The Morgan fingerprint density at radius 2 is 1.92 bits per heavy atom. The highest BCUT2D eigenvalue weighted by Crippen LogP contribution is 2.23. The van der Waals surface area contributed by atoms with Gasteiger partial charge in [0.15, 0.2) is 0 Å². The Hall–Kier alpha value is -0.790. The zero-order valence-electron chi connectivity index (χ0n) is 8.04. The van der Waals surface area contributed by atoms with Gasteiger partial charge in [-0.15, -0.1) is 0 Å². The van der Waals surface area contributed by atoms with E-state index in [1.54, 1.807) is 0 Å². The summed E-state index contributed by atoms with van der Waals surface area (Å²) in [5.74, 6) is 0.0982. The molecule has 1 N–H and O–H groups in total. The Morgan fingerprint density at radius 1 is 1.31 bits per heavy atom. The predicted molar refractivity (Wildman–Crippen MR) is 52.6 cm³/mol. The van der Waals surface area contributed by atoms with Crippen LogP contribution >= 0.6 is 0 Å². The molecule has 0 spiro atoms. The van der Waals surface area contributed by atoms with Gasteiger partial charge < -0.3 is 5.11 Å². The van der Waals surface area contributed by atoms with Crippen LogP contribution in [0.15, 0.2) is 12.2 Å². The van der Waals surface area contributed by atoms with Gasteiger partial charge in [-0.05, 0) is 44.4 Å². The van der Waals surface area contributed by atoms with Gasteiger partial charge in [-0.1, -0.05) is 12.2 Å². The van der Waals surface area contributed by atoms with E-state index in [1.807, 2.05) is 0 Å². The monoisotopic (exact) mass is 182 g/mol. The third-order valence-electron chi connectivity index (χ3n) is 2.65. The molecule has 0 heterocycles. The first-order valence-corrected chi connectivity index (χ1v) is 5.16. The minimum Gasteiger partial charge on any atom is -0.481 e. The highest BCUT2D eigenvalue weighted by molar-refractivity contribution is 5.66. The highest BCUT2D eigenvalue weighted by atomic mass is 16.4. The smallest absolute Gasteiger partial charge is 0.303 e. The van der Waals surface area contributed by atoms with E-state index in [-0.39, 0.29) is 0 Å². The molecule has 0 bridgehead atoms. The van der Waals surface area contributed by atoms with Gasteiger partial charge in [0.2, 0.25) is 0 Å². The molecule has 0 radical (unpaired) electrons. The number of carboxylic acid groups (broad SMARTS) is 1. The summed E-state index contributed by atoms with van der Waals surface area (Å²) in [5, 5.41) is 8.49. The van der Waals surface area contributed by atoms with Gasteiger partial charge in [0, 0.05) is 6.42 Å². The zero-order chi connectivity index (χ0) is 9.52. The van der Waals surface area contributed by atoms with Gasteiger partial charge in [-0.25, -0.2) is 0 Å². The fraction of sp³-hybridized carbons (Fsp3) is 0.727. The standard InChI is InChI=1S/C11H18O2/c12-11(13)9-5-8-10-6-3-1-2-4-7-10/h1-2,10H,3-9H2,(H,12,13). The van der Waals surface area contributed by atoms with Crippen LogP contribution in [0.5, 0.6) is 0 Å². The Morgan fingerprint density at radius 3 is 2.46 bits per heavy atom. The summed E-state index contributed by atoms with van der Waals surface area (Å²) in [4.78, 5) is 10.3. The van der Waals surface area contributed by atoms with Crippen molar-refractivity contribution in [2.45, 2.75) is 44.9 Å². The Labute approximate surface area is 79.6 Å². The van der Waals surface area contributed by atoms with Crippen LogP contribution in [0.25, 0.3) is 0 Å². The molecule has 0 aromatic carbocycles. The molecule has 74 valence electrons. The second-order valence-electron chi connectivity index (χ2n) is 3.78. The quantitative estimate of drug-likeness (QED) is 0.678. The third-order valence-corrected chi connectivity index (χ3v) is 2.65. The molecule has 1 aliphatic rings. The van der Waals surface area contributed by atoms with Crippen LogP contribution in [0.2, 0.25) is 0 Å². The second-order valence-corrected chi connectivity index (χ2v) is 3.78. The number of carbonyl (C=O) groups is 1. The van der Waals surface area contributed by atoms with Crippen molar-refractivity contribution in [1.29, 1.82) is 0 Å². The van der Waals surface area contributed by atoms with E-state index in [2.05, 4.69) is 12.2 Å². The lowest BCUT2D eigenvalue weighted by molar-refractivity contribution is -0.137. The van der Waals surface area contributed by atoms with E-state index in [0.717, 1.165) is 18.8 Å². The summed E-state index contributed by atoms with van der Waals surface area (Å²) < 4.78 is 0. The summed E-state index contributed by atoms with van der Waals surface area (Å²) in [6.45, 7) is 0. The first kappa shape index (κ1) is 10.3. The molecule has 13 heavy (non-hydrogen) atoms. The summed E-state index contributed by atoms with van der Waals surface area (Å²) in [6, 6.07) is 0. The molecule has 1 rings (SSSR count). The average Bonchev–Trinajstić information content (AvgIpc) is 2.32. The fourth-order valence-electron chi connectivity index (χ4n) is 1.87. The van der Waals surface area contributed by atoms with Crippen LogP contribution in [0.4, 0.5) is 0 Å². The number of carboxylic acids is 1. The Bertz CT molecular complexity index is 175. The highest BCUT2D eigenvalue weighted by Gasteiger charge is 2.09. The van der Waals surface area contributed by atoms with Crippen LogP contribution in [0.1, 0.15) is 44.9 Å². The molecular formula is C11H18O2. The van der Waals surface area contributed by atoms with Gasteiger partial charge >= 0.3 is 5.97 Å². The fourth-order valence-corrected chi connectivity index (χ4v) is 1.87. The maximum Gasteiger partial charge on any atom is 0.303 e. The average molecular weight is 182 g/mol. The Balaban J connectivity index is 2.10. The minimum atomic E-state index is -0.660. The number of hydrogen-bond acceptors (Lipinski definition) is 1. The molecule has 0 aliphatic heterocycles. The van der Waals surface area contributed by atoms with Crippen molar-refractivity contribution in [1.82, 2.24) is 0 Å². The predicted octanol–water partition coefficient (Wildman–Crippen LogP) is 2.99. The molecule has 0 saturated heterocycles. The summed E-state index contributed by atoms with van der Waals surface area (Å²) >= 11 is 0. The van der Waals surface area contributed by atoms with Gasteiger partial charge in [0.25, 0.3) is 0 Å². The summed E-state index contributed by atoms with van der Waals surface area (Å²) in [6.07, 6.45) is 11.6. The molecule has 2 nitrogen and oxygen atoms in total. The molecule has 0 atom stereocenters. The SMILES string of the molecule is O=C(O)CCCC1CCC=CCC1. The summed E-state index contributed by atoms with van der Waals surface area (Å²) in [5.41, 5.74) is 0. The van der Waals surface area contributed by atoms with Crippen molar-refractivity contribution in [3.63, 3.8) is 0 Å². The van der Waals surface area contributed by atoms with E-state index < -0.39 is 5.97 Å². The van der Waals surface area contributed by atoms with Gasteiger partial charge in [-0.3, -0.25) is 4.79 Å². The van der Waals surface area contributed by atoms with Crippen LogP contribution in [-0.2, 0) is 4.79 Å². The van der Waals surface area contributed by atoms with E-state index in [4.69, 9.17) is 5.11 Å². The van der Waals surface area contributed by atoms with Crippen molar-refractivity contribution in [2.24, 2.45) is 5.92 Å². The van der Waals surface area contributed by atoms with Crippen LogP contribution < -0.4 is 0 Å². The topological polar surface area (TPSA) is 37.3 Å². The molecule has 0 unspecified atom stereocenters. The molecule has 0 amide bonds. The van der Waals surface area contributed by atoms with Crippen molar-refractivity contribution in [2.75, 3.05) is 0 Å². The van der Waals surface area contributed by atoms with Crippen LogP contribution in [0.3, 0.4) is 0 Å². The maximum atomic E-state index is 10.3. The van der Waals surface area contributed by atoms with Gasteiger partial charge in [0.05, 0.1) is 0 Å². The first-order chi connectivity index (χ1) is 6.29. The first-order valence-electron chi connectivity index (χ1n) is 5.16.